The summed E-state index contributed by atoms with van der Waals surface area (Å²) in [6.07, 6.45) is 0. The van der Waals surface area contributed by atoms with E-state index in [4.69, 9.17) is 0 Å². The molecule has 0 radical (unpaired) electrons. The third-order valence-corrected chi connectivity index (χ3v) is 1.21. The number of imide groups is 3. The zero-order valence-electron chi connectivity index (χ0n) is 7.38. The minimum absolute atomic E-state index is 0.0147. The molecule has 0 aromatic heterocycles. The van der Waals surface area contributed by atoms with E-state index in [1.807, 2.05) is 0 Å². The van der Waals surface area contributed by atoms with Crippen LogP contribution in [0.1, 0.15) is 13.8 Å². The van der Waals surface area contributed by atoms with Gasteiger partial charge in [0.2, 0.25) is 17.7 Å². The van der Waals surface area contributed by atoms with Gasteiger partial charge in [0.1, 0.15) is 0 Å². The second-order valence-electron chi connectivity index (χ2n) is 2.30. The summed E-state index contributed by atoms with van der Waals surface area (Å²) in [5, 5.41) is 2.56. The Morgan fingerprint density at radius 1 is 1.17 bits per heavy atom. The van der Waals surface area contributed by atoms with Gasteiger partial charge in [-0.15, -0.1) is 0 Å². The van der Waals surface area contributed by atoms with Crippen LogP contribution in [0.15, 0.2) is 0 Å². The Labute approximate surface area is 70.7 Å². The maximum absolute atomic E-state index is 11.0. The Hall–Kier alpha value is -1.23. The van der Waals surface area contributed by atoms with Crippen molar-refractivity contribution in [2.24, 2.45) is 0 Å². The predicted molar refractivity (Wildman–Crippen MR) is 42.1 cm³/mol. The van der Waals surface area contributed by atoms with Gasteiger partial charge in [0, 0.05) is 13.8 Å². The highest BCUT2D eigenvalue weighted by Crippen LogP contribution is 1.91. The van der Waals surface area contributed by atoms with Crippen LogP contribution in [-0.4, -0.2) is 36.2 Å². The molecular formula is C7H12N2O3. The molecule has 0 atom stereocenters. The molecule has 0 spiro atoms. The maximum atomic E-state index is 11.0. The molecule has 0 aromatic carbocycles. The largest absolute Gasteiger partial charge is 0.311 e. The van der Waals surface area contributed by atoms with Gasteiger partial charge >= 0.3 is 0 Å². The summed E-state index contributed by atoms with van der Waals surface area (Å²) in [7, 11) is 1.57. The zero-order valence-corrected chi connectivity index (χ0v) is 7.38. The Morgan fingerprint density at radius 2 is 1.58 bits per heavy atom. The van der Waals surface area contributed by atoms with Gasteiger partial charge in [0.15, 0.2) is 0 Å². The van der Waals surface area contributed by atoms with Crippen LogP contribution in [0.2, 0.25) is 0 Å². The van der Waals surface area contributed by atoms with E-state index in [0.29, 0.717) is 4.90 Å². The van der Waals surface area contributed by atoms with Crippen molar-refractivity contribution in [3.05, 3.63) is 0 Å². The van der Waals surface area contributed by atoms with Crippen molar-refractivity contribution in [2.45, 2.75) is 13.8 Å². The van der Waals surface area contributed by atoms with Crippen LogP contribution in [0.4, 0.5) is 0 Å². The molecule has 0 fully saturated rings. The summed E-state index contributed by atoms with van der Waals surface area (Å²) in [6.45, 7) is 2.34. The smallest absolute Gasteiger partial charge is 0.249 e. The Bertz CT molecular complexity index is 199. The van der Waals surface area contributed by atoms with Gasteiger partial charge in [0.05, 0.1) is 6.54 Å². The van der Waals surface area contributed by atoms with Gasteiger partial charge in [0.25, 0.3) is 0 Å². The van der Waals surface area contributed by atoms with Crippen molar-refractivity contribution < 1.29 is 14.4 Å². The SMILES string of the molecule is CNCC(=O)N(C(C)=O)C(C)=O. The second-order valence-corrected chi connectivity index (χ2v) is 2.30. The molecule has 5 heteroatoms. The van der Waals surface area contributed by atoms with E-state index in [2.05, 4.69) is 5.32 Å². The lowest BCUT2D eigenvalue weighted by atomic mass is 10.4. The topological polar surface area (TPSA) is 66.5 Å². The van der Waals surface area contributed by atoms with E-state index < -0.39 is 17.7 Å². The van der Waals surface area contributed by atoms with Crippen LogP contribution in [0.25, 0.3) is 0 Å². The number of likely N-dealkylation sites (N-methyl/N-ethyl adjacent to an activating group) is 1. The summed E-state index contributed by atoms with van der Waals surface area (Å²) in [4.78, 5) is 33.2. The van der Waals surface area contributed by atoms with Crippen molar-refractivity contribution in [3.63, 3.8) is 0 Å². The average Bonchev–Trinajstić information content (AvgIpc) is 1.85. The molecule has 0 aliphatic carbocycles. The fourth-order valence-corrected chi connectivity index (χ4v) is 0.803. The van der Waals surface area contributed by atoms with Gasteiger partial charge in [-0.1, -0.05) is 0 Å². The summed E-state index contributed by atoms with van der Waals surface area (Å²) >= 11 is 0. The van der Waals surface area contributed by atoms with E-state index in [1.54, 1.807) is 7.05 Å². The van der Waals surface area contributed by atoms with Gasteiger partial charge in [-0.25, -0.2) is 4.90 Å². The van der Waals surface area contributed by atoms with Gasteiger partial charge in [-0.2, -0.15) is 0 Å². The van der Waals surface area contributed by atoms with Crippen molar-refractivity contribution in [2.75, 3.05) is 13.6 Å². The minimum atomic E-state index is -0.553. The van der Waals surface area contributed by atoms with E-state index >= 15 is 0 Å². The quantitative estimate of drug-likeness (QED) is 0.587. The second kappa shape index (κ2) is 4.61. The normalized spacial score (nSPS) is 9.25. The van der Waals surface area contributed by atoms with Crippen LogP contribution in [-0.2, 0) is 14.4 Å². The fraction of sp³-hybridized carbons (Fsp3) is 0.571. The number of carbonyl (C=O) groups is 3. The first-order valence-corrected chi connectivity index (χ1v) is 3.49. The number of amides is 3. The molecule has 0 aromatic rings. The zero-order chi connectivity index (χ0) is 9.72. The van der Waals surface area contributed by atoms with Crippen molar-refractivity contribution in [3.8, 4) is 0 Å². The van der Waals surface area contributed by atoms with E-state index in [1.165, 1.54) is 13.8 Å². The highest BCUT2D eigenvalue weighted by molar-refractivity contribution is 6.09. The van der Waals surface area contributed by atoms with Gasteiger partial charge in [-0.3, -0.25) is 14.4 Å². The molecule has 0 saturated carbocycles. The standard InChI is InChI=1S/C7H12N2O3/c1-5(10)9(6(2)11)7(12)4-8-3/h8H,4H2,1-3H3. The Kier molecular flexibility index (Phi) is 4.14. The van der Waals surface area contributed by atoms with E-state index in [-0.39, 0.29) is 6.54 Å². The van der Waals surface area contributed by atoms with Crippen molar-refractivity contribution in [1.29, 1.82) is 0 Å². The molecular weight excluding hydrogens is 160 g/mol. The number of rotatable bonds is 2. The molecule has 0 aliphatic heterocycles. The van der Waals surface area contributed by atoms with Crippen LogP contribution in [0.3, 0.4) is 0 Å². The predicted octanol–water partition coefficient (Wildman–Crippen LogP) is -0.873. The lowest BCUT2D eigenvalue weighted by molar-refractivity contribution is -0.151. The Morgan fingerprint density at radius 3 is 1.83 bits per heavy atom. The van der Waals surface area contributed by atoms with Crippen LogP contribution in [0.5, 0.6) is 0 Å². The molecule has 0 unspecified atom stereocenters. The average molecular weight is 172 g/mol. The van der Waals surface area contributed by atoms with Crippen molar-refractivity contribution in [1.82, 2.24) is 10.2 Å². The van der Waals surface area contributed by atoms with E-state index in [9.17, 15) is 14.4 Å². The molecule has 0 bridgehead atoms. The van der Waals surface area contributed by atoms with Gasteiger partial charge < -0.3 is 5.32 Å². The highest BCUT2D eigenvalue weighted by Gasteiger charge is 2.20. The summed E-state index contributed by atoms with van der Waals surface area (Å²) in [6, 6.07) is 0. The third kappa shape index (κ3) is 2.79. The highest BCUT2D eigenvalue weighted by atomic mass is 16.2. The number of hydrogen-bond donors (Lipinski definition) is 1. The number of hydrogen-bond acceptors (Lipinski definition) is 4. The molecule has 1 N–H and O–H groups in total. The molecule has 0 saturated heterocycles. The molecule has 0 rings (SSSR count). The Balaban J connectivity index is 4.41. The molecule has 0 heterocycles. The monoisotopic (exact) mass is 172 g/mol. The lowest BCUT2D eigenvalue weighted by Crippen LogP contribution is -2.43. The van der Waals surface area contributed by atoms with Gasteiger partial charge in [-0.05, 0) is 7.05 Å². The molecule has 3 amide bonds. The van der Waals surface area contributed by atoms with E-state index in [0.717, 1.165) is 0 Å². The summed E-state index contributed by atoms with van der Waals surface area (Å²) < 4.78 is 0. The molecule has 0 aliphatic rings. The molecule has 12 heavy (non-hydrogen) atoms. The summed E-state index contributed by atoms with van der Waals surface area (Å²) in [5.41, 5.74) is 0. The first-order chi connectivity index (χ1) is 5.50. The first-order valence-electron chi connectivity index (χ1n) is 3.49. The number of nitrogens with one attached hydrogen (secondary N) is 1. The third-order valence-electron chi connectivity index (χ3n) is 1.21. The van der Waals surface area contributed by atoms with Crippen LogP contribution in [0, 0.1) is 0 Å². The maximum Gasteiger partial charge on any atom is 0.249 e. The lowest BCUT2D eigenvalue weighted by Gasteiger charge is -2.13. The number of nitrogens with zero attached hydrogens (tertiary/aromatic N) is 1. The fourth-order valence-electron chi connectivity index (χ4n) is 0.803. The van der Waals surface area contributed by atoms with Crippen LogP contribution >= 0.6 is 0 Å². The molecule has 5 nitrogen and oxygen atoms in total. The van der Waals surface area contributed by atoms with Crippen molar-refractivity contribution >= 4 is 17.7 Å². The number of carbonyl (C=O) groups excluding carboxylic acids is 3. The van der Waals surface area contributed by atoms with Crippen LogP contribution < -0.4 is 5.32 Å². The summed E-state index contributed by atoms with van der Waals surface area (Å²) in [5.74, 6) is -1.64. The molecule has 68 valence electrons. The first kappa shape index (κ1) is 10.8. The minimum Gasteiger partial charge on any atom is -0.311 e.